The first-order valence-corrected chi connectivity index (χ1v) is 7.94. The van der Waals surface area contributed by atoms with Crippen molar-refractivity contribution in [1.82, 2.24) is 5.32 Å². The van der Waals surface area contributed by atoms with Gasteiger partial charge < -0.3 is 20.1 Å². The van der Waals surface area contributed by atoms with E-state index in [1.165, 1.54) is 7.11 Å². The summed E-state index contributed by atoms with van der Waals surface area (Å²) in [4.78, 5) is 24.7. The van der Waals surface area contributed by atoms with Crippen molar-refractivity contribution in [2.24, 2.45) is 0 Å². The van der Waals surface area contributed by atoms with E-state index in [2.05, 4.69) is 10.6 Å². The Kier molecular flexibility index (Phi) is 7.37. The molecule has 0 spiro atoms. The number of nitrogens with one attached hydrogen (secondary N) is 2. The van der Waals surface area contributed by atoms with Crippen LogP contribution in [0.1, 0.15) is 6.92 Å². The van der Waals surface area contributed by atoms with Crippen molar-refractivity contribution in [1.29, 1.82) is 0 Å². The van der Waals surface area contributed by atoms with Gasteiger partial charge in [-0.1, -0.05) is 6.07 Å². The topological polar surface area (TPSA) is 76.7 Å². The predicted molar refractivity (Wildman–Crippen MR) is 87.2 cm³/mol. The minimum absolute atomic E-state index is 0.175. The zero-order valence-corrected chi connectivity index (χ0v) is 14.1. The third-order valence-electron chi connectivity index (χ3n) is 3.10. The number of thioether (sulfide) groups is 1. The van der Waals surface area contributed by atoms with E-state index in [1.54, 1.807) is 37.9 Å². The van der Waals surface area contributed by atoms with Gasteiger partial charge in [-0.3, -0.25) is 9.59 Å². The Morgan fingerprint density at radius 3 is 2.59 bits per heavy atom. The molecule has 0 bridgehead atoms. The molecule has 122 valence electrons. The second-order valence-electron chi connectivity index (χ2n) is 4.96. The van der Waals surface area contributed by atoms with Gasteiger partial charge >= 0.3 is 11.8 Å². The van der Waals surface area contributed by atoms with Crippen molar-refractivity contribution >= 4 is 29.3 Å². The summed E-state index contributed by atoms with van der Waals surface area (Å²) in [5.74, 6) is -1.43. The van der Waals surface area contributed by atoms with Crippen LogP contribution in [0.5, 0.6) is 0 Å². The van der Waals surface area contributed by atoms with Gasteiger partial charge in [0, 0.05) is 31.3 Å². The van der Waals surface area contributed by atoms with E-state index in [0.717, 1.165) is 4.90 Å². The maximum atomic E-state index is 11.9. The lowest BCUT2D eigenvalue weighted by Crippen LogP contribution is -2.48. The summed E-state index contributed by atoms with van der Waals surface area (Å²) >= 11 is 1.56. The third kappa shape index (κ3) is 5.67. The van der Waals surface area contributed by atoms with Crippen LogP contribution in [0, 0.1) is 0 Å². The second kappa shape index (κ2) is 8.77. The maximum absolute atomic E-state index is 11.9. The van der Waals surface area contributed by atoms with Crippen LogP contribution in [-0.4, -0.2) is 51.0 Å². The average molecular weight is 326 g/mol. The Labute approximate surface area is 134 Å². The summed E-state index contributed by atoms with van der Waals surface area (Å²) in [5.41, 5.74) is -0.0953. The molecule has 1 aromatic carbocycles. The number of anilines is 1. The molecule has 0 radical (unpaired) electrons. The molecule has 0 unspecified atom stereocenters. The molecular weight excluding hydrogens is 304 g/mol. The van der Waals surface area contributed by atoms with Crippen LogP contribution in [0.2, 0.25) is 0 Å². The molecule has 0 fully saturated rings. The minimum atomic E-state index is -0.714. The molecule has 0 heterocycles. The number of amides is 2. The van der Waals surface area contributed by atoms with Crippen LogP contribution in [0.15, 0.2) is 29.2 Å². The Morgan fingerprint density at radius 2 is 2.00 bits per heavy atom. The predicted octanol–water partition coefficient (Wildman–Crippen LogP) is 1.51. The van der Waals surface area contributed by atoms with E-state index >= 15 is 0 Å². The van der Waals surface area contributed by atoms with Gasteiger partial charge in [0.1, 0.15) is 5.60 Å². The number of methoxy groups -OCH3 is 2. The smallest absolute Gasteiger partial charge is 0.313 e. The molecule has 0 aliphatic rings. The van der Waals surface area contributed by atoms with E-state index in [-0.39, 0.29) is 6.54 Å². The first-order chi connectivity index (χ1) is 10.4. The van der Waals surface area contributed by atoms with Crippen LogP contribution >= 0.6 is 11.8 Å². The van der Waals surface area contributed by atoms with Gasteiger partial charge in [-0.05, 0) is 31.4 Å². The van der Waals surface area contributed by atoms with Crippen molar-refractivity contribution in [3.05, 3.63) is 24.3 Å². The van der Waals surface area contributed by atoms with Crippen LogP contribution in [0.3, 0.4) is 0 Å². The van der Waals surface area contributed by atoms with Crippen LogP contribution in [0.4, 0.5) is 5.69 Å². The summed E-state index contributed by atoms with van der Waals surface area (Å²) < 4.78 is 10.3. The Morgan fingerprint density at radius 1 is 1.27 bits per heavy atom. The van der Waals surface area contributed by atoms with Gasteiger partial charge in [0.15, 0.2) is 0 Å². The number of carbonyl (C=O) groups is 2. The van der Waals surface area contributed by atoms with Gasteiger partial charge in [0.25, 0.3) is 0 Å². The zero-order valence-electron chi connectivity index (χ0n) is 13.3. The van der Waals surface area contributed by atoms with E-state index < -0.39 is 17.4 Å². The molecule has 1 rings (SSSR count). The molecular formula is C15H22N2O4S. The summed E-state index contributed by atoms with van der Waals surface area (Å²) in [6.07, 6.45) is 1.94. The van der Waals surface area contributed by atoms with E-state index in [0.29, 0.717) is 12.3 Å². The number of carbonyl (C=O) groups excluding carboxylic acids is 2. The molecule has 0 aromatic heterocycles. The summed E-state index contributed by atoms with van der Waals surface area (Å²) in [6.45, 7) is 2.27. The molecule has 0 saturated heterocycles. The fourth-order valence-corrected chi connectivity index (χ4v) is 2.18. The van der Waals surface area contributed by atoms with Gasteiger partial charge in [-0.15, -0.1) is 11.8 Å². The standard InChI is InChI=1S/C15H22N2O4S/c1-15(21-3,10-20-2)9-16-13(18)14(19)17-11-6-5-7-12(8-11)22-4/h5-8H,9-10H2,1-4H3,(H,16,18)(H,17,19)/t15-/m1/s1. The van der Waals surface area contributed by atoms with Crippen molar-refractivity contribution in [2.75, 3.05) is 38.9 Å². The van der Waals surface area contributed by atoms with E-state index in [1.807, 2.05) is 18.4 Å². The van der Waals surface area contributed by atoms with Gasteiger partial charge in [-0.25, -0.2) is 0 Å². The average Bonchev–Trinajstić information content (AvgIpc) is 2.53. The maximum Gasteiger partial charge on any atom is 0.313 e. The first kappa shape index (κ1) is 18.5. The number of hydrogen-bond acceptors (Lipinski definition) is 5. The van der Waals surface area contributed by atoms with E-state index in [4.69, 9.17) is 9.47 Å². The summed E-state index contributed by atoms with van der Waals surface area (Å²) in [6, 6.07) is 7.28. The lowest BCUT2D eigenvalue weighted by molar-refractivity contribution is -0.137. The molecule has 7 heteroatoms. The Balaban J connectivity index is 2.56. The van der Waals surface area contributed by atoms with Gasteiger partial charge in [0.05, 0.1) is 6.61 Å². The van der Waals surface area contributed by atoms with Crippen LogP contribution < -0.4 is 10.6 Å². The quantitative estimate of drug-likeness (QED) is 0.587. The molecule has 6 nitrogen and oxygen atoms in total. The highest BCUT2D eigenvalue weighted by molar-refractivity contribution is 7.98. The zero-order chi connectivity index (χ0) is 16.6. The highest BCUT2D eigenvalue weighted by Gasteiger charge is 2.26. The van der Waals surface area contributed by atoms with Gasteiger partial charge in [-0.2, -0.15) is 0 Å². The Bertz CT molecular complexity index is 524. The molecule has 0 saturated carbocycles. The molecule has 2 N–H and O–H groups in total. The summed E-state index contributed by atoms with van der Waals surface area (Å²) in [5, 5.41) is 5.11. The van der Waals surface area contributed by atoms with Crippen LogP contribution in [0.25, 0.3) is 0 Å². The largest absolute Gasteiger partial charge is 0.382 e. The molecule has 0 aliphatic heterocycles. The molecule has 1 atom stereocenters. The second-order valence-corrected chi connectivity index (χ2v) is 5.84. The minimum Gasteiger partial charge on any atom is -0.382 e. The number of ether oxygens (including phenoxy) is 2. The SMILES string of the molecule is COC[C@@](C)(CNC(=O)C(=O)Nc1cccc(SC)c1)OC. The first-order valence-electron chi connectivity index (χ1n) is 6.71. The number of hydrogen-bond donors (Lipinski definition) is 2. The fourth-order valence-electron chi connectivity index (χ4n) is 1.72. The lowest BCUT2D eigenvalue weighted by Gasteiger charge is -2.27. The monoisotopic (exact) mass is 326 g/mol. The van der Waals surface area contributed by atoms with Crippen molar-refractivity contribution < 1.29 is 19.1 Å². The normalized spacial score (nSPS) is 13.3. The summed E-state index contributed by atoms with van der Waals surface area (Å²) in [7, 11) is 3.07. The highest BCUT2D eigenvalue weighted by Crippen LogP contribution is 2.18. The molecule has 1 aromatic rings. The van der Waals surface area contributed by atoms with Crippen molar-refractivity contribution in [3.63, 3.8) is 0 Å². The van der Waals surface area contributed by atoms with Crippen LogP contribution in [-0.2, 0) is 19.1 Å². The number of rotatable bonds is 7. The van der Waals surface area contributed by atoms with Crippen molar-refractivity contribution in [3.8, 4) is 0 Å². The van der Waals surface area contributed by atoms with E-state index in [9.17, 15) is 9.59 Å². The third-order valence-corrected chi connectivity index (χ3v) is 3.82. The Hall–Kier alpha value is -1.57. The molecule has 2 amide bonds. The molecule has 22 heavy (non-hydrogen) atoms. The number of benzene rings is 1. The van der Waals surface area contributed by atoms with Crippen molar-refractivity contribution in [2.45, 2.75) is 17.4 Å². The fraction of sp³-hybridized carbons (Fsp3) is 0.467. The highest BCUT2D eigenvalue weighted by atomic mass is 32.2. The molecule has 0 aliphatic carbocycles. The lowest BCUT2D eigenvalue weighted by atomic mass is 10.1. The van der Waals surface area contributed by atoms with Gasteiger partial charge in [0.2, 0.25) is 0 Å².